The van der Waals surface area contributed by atoms with Crippen LogP contribution in [-0.2, 0) is 0 Å². The molecule has 0 spiro atoms. The summed E-state index contributed by atoms with van der Waals surface area (Å²) in [6.45, 7) is 3.57. The summed E-state index contributed by atoms with van der Waals surface area (Å²) >= 11 is 1.31. The molecular formula is C3H3N2S. The van der Waals surface area contributed by atoms with E-state index in [9.17, 15) is 0 Å². The molecule has 1 rings (SSSR count). The zero-order valence-electron chi connectivity index (χ0n) is 3.09. The van der Waals surface area contributed by atoms with Crippen molar-refractivity contribution in [1.82, 2.24) is 9.59 Å². The fourth-order valence-electron chi connectivity index (χ4n) is 0.188. The number of hydrogen-bond acceptors (Lipinski definition) is 3. The average Bonchev–Trinajstić information content (AvgIpc) is 1.86. The largest absolute Gasteiger partial charge is 0.146 e. The molecule has 0 aliphatic heterocycles. The van der Waals surface area contributed by atoms with E-state index in [1.807, 2.05) is 0 Å². The Morgan fingerprint density at radius 2 is 2.67 bits per heavy atom. The molecule has 0 atom stereocenters. The van der Waals surface area contributed by atoms with Crippen molar-refractivity contribution in [2.45, 2.75) is 0 Å². The number of nitrogens with zero attached hydrogens (tertiary/aromatic N) is 2. The van der Waals surface area contributed by atoms with Gasteiger partial charge in [-0.2, -0.15) is 0 Å². The first-order valence-corrected chi connectivity index (χ1v) is 2.26. The van der Waals surface area contributed by atoms with Gasteiger partial charge in [0.2, 0.25) is 0 Å². The van der Waals surface area contributed by atoms with Crippen LogP contribution in [0.25, 0.3) is 0 Å². The molecule has 6 heavy (non-hydrogen) atoms. The average molecular weight is 99.1 g/mol. The summed E-state index contributed by atoms with van der Waals surface area (Å²) in [6, 6.07) is 0. The maximum atomic E-state index is 3.57. The highest BCUT2D eigenvalue weighted by Crippen LogP contribution is 1.94. The van der Waals surface area contributed by atoms with Crippen molar-refractivity contribution in [3.05, 3.63) is 18.0 Å². The van der Waals surface area contributed by atoms with E-state index in [4.69, 9.17) is 0 Å². The molecule has 2 nitrogen and oxygen atoms in total. The third kappa shape index (κ3) is 0.542. The lowest BCUT2D eigenvalue weighted by molar-refractivity contribution is 1.15. The van der Waals surface area contributed by atoms with Gasteiger partial charge < -0.3 is 0 Å². The molecule has 1 heterocycles. The molecule has 0 saturated carbocycles. The van der Waals surface area contributed by atoms with E-state index in [1.165, 1.54) is 11.5 Å². The molecular weight excluding hydrogens is 96.1 g/mol. The van der Waals surface area contributed by atoms with Gasteiger partial charge in [0.15, 0.2) is 0 Å². The van der Waals surface area contributed by atoms with Crippen molar-refractivity contribution >= 4 is 11.5 Å². The van der Waals surface area contributed by atoms with Crippen LogP contribution in [0.3, 0.4) is 0 Å². The Labute approximate surface area is 40.0 Å². The molecule has 1 aromatic heterocycles. The first-order valence-electron chi connectivity index (χ1n) is 1.49. The predicted octanol–water partition coefficient (Wildman–Crippen LogP) is 0.720. The van der Waals surface area contributed by atoms with Crippen molar-refractivity contribution in [2.75, 3.05) is 0 Å². The molecule has 1 radical (unpaired) electrons. The van der Waals surface area contributed by atoms with E-state index < -0.39 is 0 Å². The monoisotopic (exact) mass is 99.0 g/mol. The molecule has 31 valence electrons. The minimum Gasteiger partial charge on any atom is -0.146 e. The molecule has 0 aromatic carbocycles. The molecule has 1 aromatic rings. The van der Waals surface area contributed by atoms with Gasteiger partial charge >= 0.3 is 0 Å². The first-order chi connectivity index (χ1) is 2.89. The number of rotatable bonds is 0. The third-order valence-corrected chi connectivity index (χ3v) is 0.923. The lowest BCUT2D eigenvalue weighted by Crippen LogP contribution is -1.52. The van der Waals surface area contributed by atoms with Crippen LogP contribution in [0.4, 0.5) is 0 Å². The fraction of sp³-hybridized carbons (Fsp3) is 0. The smallest absolute Gasteiger partial charge is 0.0653 e. The van der Waals surface area contributed by atoms with Crippen LogP contribution in [0.15, 0.2) is 6.20 Å². The van der Waals surface area contributed by atoms with Crippen LogP contribution >= 0.6 is 11.5 Å². The Bertz CT molecular complexity index is 112. The van der Waals surface area contributed by atoms with Gasteiger partial charge in [-0.15, -0.1) is 5.10 Å². The van der Waals surface area contributed by atoms with Gasteiger partial charge in [0, 0.05) is 4.88 Å². The van der Waals surface area contributed by atoms with E-state index in [1.54, 1.807) is 6.20 Å². The van der Waals surface area contributed by atoms with Gasteiger partial charge in [0.25, 0.3) is 0 Å². The van der Waals surface area contributed by atoms with Crippen LogP contribution in [-0.4, -0.2) is 9.59 Å². The molecule has 3 heteroatoms. The summed E-state index contributed by atoms with van der Waals surface area (Å²) in [5.74, 6) is 0. The highest BCUT2D eigenvalue weighted by Gasteiger charge is 1.78. The first kappa shape index (κ1) is 3.74. The second-order valence-corrected chi connectivity index (χ2v) is 1.75. The minimum atomic E-state index is 0.912. The van der Waals surface area contributed by atoms with Crippen molar-refractivity contribution in [3.8, 4) is 0 Å². The topological polar surface area (TPSA) is 25.8 Å². The maximum absolute atomic E-state index is 3.57. The van der Waals surface area contributed by atoms with Gasteiger partial charge in [-0.05, 0) is 18.5 Å². The van der Waals surface area contributed by atoms with E-state index in [-0.39, 0.29) is 0 Å². The molecule has 0 aliphatic carbocycles. The number of aromatic nitrogens is 2. The van der Waals surface area contributed by atoms with Gasteiger partial charge in [-0.1, -0.05) is 4.49 Å². The Kier molecular flexibility index (Phi) is 0.837. The summed E-state index contributed by atoms with van der Waals surface area (Å²) in [5.41, 5.74) is 0. The van der Waals surface area contributed by atoms with Crippen molar-refractivity contribution < 1.29 is 0 Å². The van der Waals surface area contributed by atoms with Gasteiger partial charge in [0.1, 0.15) is 0 Å². The normalized spacial score (nSPS) is 8.83. The Morgan fingerprint density at radius 1 is 1.83 bits per heavy atom. The lowest BCUT2D eigenvalue weighted by atomic mass is 10.7. The quantitative estimate of drug-likeness (QED) is 0.479. The van der Waals surface area contributed by atoms with E-state index in [0.29, 0.717) is 0 Å². The van der Waals surface area contributed by atoms with Crippen LogP contribution in [0.1, 0.15) is 4.88 Å². The fourth-order valence-corrected chi connectivity index (χ4v) is 0.481. The van der Waals surface area contributed by atoms with Crippen molar-refractivity contribution in [1.29, 1.82) is 0 Å². The molecule has 0 bridgehead atoms. The minimum absolute atomic E-state index is 0.912. The second-order valence-electron chi connectivity index (χ2n) is 0.884. The van der Waals surface area contributed by atoms with Crippen molar-refractivity contribution in [3.63, 3.8) is 0 Å². The van der Waals surface area contributed by atoms with Gasteiger partial charge in [0.05, 0.1) is 6.20 Å². The van der Waals surface area contributed by atoms with E-state index >= 15 is 0 Å². The SMILES string of the molecule is [CH2]c1cnns1. The predicted molar refractivity (Wildman–Crippen MR) is 24.4 cm³/mol. The third-order valence-electron chi connectivity index (χ3n) is 0.407. The summed E-state index contributed by atoms with van der Waals surface area (Å²) < 4.78 is 3.55. The Morgan fingerprint density at radius 3 is 2.83 bits per heavy atom. The molecule has 0 N–H and O–H groups in total. The molecule has 0 aliphatic rings. The molecule has 0 amide bonds. The van der Waals surface area contributed by atoms with Crippen LogP contribution in [0.5, 0.6) is 0 Å². The van der Waals surface area contributed by atoms with Crippen molar-refractivity contribution in [2.24, 2.45) is 0 Å². The van der Waals surface area contributed by atoms with Crippen LogP contribution < -0.4 is 0 Å². The van der Waals surface area contributed by atoms with Crippen LogP contribution in [0.2, 0.25) is 0 Å². The van der Waals surface area contributed by atoms with E-state index in [2.05, 4.69) is 16.5 Å². The Hall–Kier alpha value is -0.440. The highest BCUT2D eigenvalue weighted by molar-refractivity contribution is 7.05. The van der Waals surface area contributed by atoms with Gasteiger partial charge in [-0.3, -0.25) is 0 Å². The summed E-state index contributed by atoms with van der Waals surface area (Å²) in [5, 5.41) is 3.53. The van der Waals surface area contributed by atoms with E-state index in [0.717, 1.165) is 4.88 Å². The highest BCUT2D eigenvalue weighted by atomic mass is 32.1. The number of hydrogen-bond donors (Lipinski definition) is 0. The summed E-state index contributed by atoms with van der Waals surface area (Å²) in [4.78, 5) is 0.912. The lowest BCUT2D eigenvalue weighted by Gasteiger charge is -1.59. The zero-order chi connectivity index (χ0) is 4.41. The maximum Gasteiger partial charge on any atom is 0.0653 e. The molecule has 0 unspecified atom stereocenters. The Balaban J connectivity index is 3.05. The van der Waals surface area contributed by atoms with Gasteiger partial charge in [-0.25, -0.2) is 0 Å². The summed E-state index contributed by atoms with van der Waals surface area (Å²) in [7, 11) is 0. The molecule has 0 saturated heterocycles. The summed E-state index contributed by atoms with van der Waals surface area (Å²) in [6.07, 6.45) is 1.63. The standard InChI is InChI=1S/C3H3N2S/c1-3-2-4-5-6-3/h2H,1H2. The van der Waals surface area contributed by atoms with Crippen LogP contribution in [0, 0.1) is 6.92 Å². The zero-order valence-corrected chi connectivity index (χ0v) is 3.90. The second kappa shape index (κ2) is 1.34. The molecule has 0 fully saturated rings.